The number of rotatable bonds is 4. The van der Waals surface area contributed by atoms with E-state index in [2.05, 4.69) is 20.1 Å². The molecular formula is C18H21N5O2. The van der Waals surface area contributed by atoms with E-state index in [1.807, 2.05) is 12.1 Å². The summed E-state index contributed by atoms with van der Waals surface area (Å²) in [7, 11) is 0. The largest absolute Gasteiger partial charge is 0.352 e. The molecule has 2 amide bonds. The number of aryl methyl sites for hydroxylation is 1. The summed E-state index contributed by atoms with van der Waals surface area (Å²) in [6, 6.07) is 5.54. The van der Waals surface area contributed by atoms with Gasteiger partial charge in [0.1, 0.15) is 11.6 Å². The van der Waals surface area contributed by atoms with E-state index in [9.17, 15) is 9.59 Å². The highest BCUT2D eigenvalue weighted by Gasteiger charge is 2.23. The number of amides is 2. The van der Waals surface area contributed by atoms with Crippen LogP contribution in [0.4, 0.5) is 5.69 Å². The van der Waals surface area contributed by atoms with Gasteiger partial charge >= 0.3 is 0 Å². The lowest BCUT2D eigenvalue weighted by molar-refractivity contribution is -0.116. The standard InChI is InChI=1S/C18H21N5O2/c1-12(24)22-10-7-13-11-14(4-5-15(13)22)18(25)19-8-6-17-21-20-16-3-2-9-23(16)17/h4-5,11H,2-3,6-10H2,1H3,(H,19,25). The Kier molecular flexibility index (Phi) is 3.99. The molecule has 4 rings (SSSR count). The van der Waals surface area contributed by atoms with Crippen molar-refractivity contribution in [2.45, 2.75) is 39.2 Å². The third kappa shape index (κ3) is 2.90. The molecule has 0 radical (unpaired) electrons. The number of anilines is 1. The highest BCUT2D eigenvalue weighted by Crippen LogP contribution is 2.28. The first-order valence-electron chi connectivity index (χ1n) is 8.73. The molecule has 0 spiro atoms. The summed E-state index contributed by atoms with van der Waals surface area (Å²) in [4.78, 5) is 25.7. The zero-order valence-electron chi connectivity index (χ0n) is 14.3. The minimum atomic E-state index is -0.0924. The van der Waals surface area contributed by atoms with E-state index >= 15 is 0 Å². The van der Waals surface area contributed by atoms with Gasteiger partial charge in [-0.15, -0.1) is 10.2 Å². The van der Waals surface area contributed by atoms with Gasteiger partial charge in [-0.05, 0) is 36.6 Å². The monoisotopic (exact) mass is 339 g/mol. The molecule has 2 aliphatic heterocycles. The Labute approximate surface area is 146 Å². The van der Waals surface area contributed by atoms with Crippen molar-refractivity contribution < 1.29 is 9.59 Å². The van der Waals surface area contributed by atoms with Crippen molar-refractivity contribution in [3.05, 3.63) is 41.0 Å². The molecule has 0 unspecified atom stereocenters. The van der Waals surface area contributed by atoms with E-state index < -0.39 is 0 Å². The second-order valence-electron chi connectivity index (χ2n) is 6.56. The lowest BCUT2D eigenvalue weighted by atomic mass is 10.1. The van der Waals surface area contributed by atoms with Crippen LogP contribution in [0, 0.1) is 0 Å². The summed E-state index contributed by atoms with van der Waals surface area (Å²) in [5, 5.41) is 11.3. The van der Waals surface area contributed by atoms with Gasteiger partial charge in [0.2, 0.25) is 5.91 Å². The number of nitrogens with zero attached hydrogens (tertiary/aromatic N) is 4. The van der Waals surface area contributed by atoms with Gasteiger partial charge in [-0.1, -0.05) is 0 Å². The van der Waals surface area contributed by atoms with Crippen LogP contribution < -0.4 is 10.2 Å². The van der Waals surface area contributed by atoms with Crippen LogP contribution in [0.2, 0.25) is 0 Å². The van der Waals surface area contributed by atoms with E-state index in [0.29, 0.717) is 25.1 Å². The Bertz CT molecular complexity index is 842. The molecule has 0 saturated heterocycles. The quantitative estimate of drug-likeness (QED) is 0.905. The maximum atomic E-state index is 12.4. The number of carbonyl (C=O) groups excluding carboxylic acids is 2. The number of benzene rings is 1. The van der Waals surface area contributed by atoms with E-state index in [0.717, 1.165) is 48.7 Å². The van der Waals surface area contributed by atoms with Crippen LogP contribution in [0.25, 0.3) is 0 Å². The third-order valence-electron chi connectivity index (χ3n) is 4.94. The van der Waals surface area contributed by atoms with Crippen LogP contribution in [-0.2, 0) is 30.6 Å². The number of hydrogen-bond donors (Lipinski definition) is 1. The van der Waals surface area contributed by atoms with E-state index in [-0.39, 0.29) is 11.8 Å². The Morgan fingerprint density at radius 3 is 2.92 bits per heavy atom. The molecule has 2 aliphatic rings. The predicted octanol–water partition coefficient (Wildman–Crippen LogP) is 1.11. The molecular weight excluding hydrogens is 318 g/mol. The Hall–Kier alpha value is -2.70. The number of aromatic nitrogens is 3. The number of carbonyl (C=O) groups is 2. The van der Waals surface area contributed by atoms with Crippen molar-refractivity contribution in [3.8, 4) is 0 Å². The molecule has 0 aliphatic carbocycles. The molecule has 130 valence electrons. The van der Waals surface area contributed by atoms with Gasteiger partial charge in [-0.2, -0.15) is 0 Å². The molecule has 3 heterocycles. The smallest absolute Gasteiger partial charge is 0.251 e. The van der Waals surface area contributed by atoms with Gasteiger partial charge in [0, 0.05) is 50.7 Å². The summed E-state index contributed by atoms with van der Waals surface area (Å²) in [5.74, 6) is 1.94. The molecule has 0 saturated carbocycles. The highest BCUT2D eigenvalue weighted by molar-refractivity contribution is 5.97. The second-order valence-corrected chi connectivity index (χ2v) is 6.56. The van der Waals surface area contributed by atoms with Gasteiger partial charge in [-0.25, -0.2) is 0 Å². The molecule has 7 heteroatoms. The number of nitrogens with one attached hydrogen (secondary N) is 1. The second kappa shape index (κ2) is 6.31. The fourth-order valence-electron chi connectivity index (χ4n) is 3.66. The fraction of sp³-hybridized carbons (Fsp3) is 0.444. The van der Waals surface area contributed by atoms with Gasteiger partial charge in [0.25, 0.3) is 5.91 Å². The summed E-state index contributed by atoms with van der Waals surface area (Å²) in [6.45, 7) is 3.77. The van der Waals surface area contributed by atoms with E-state index in [1.54, 1.807) is 17.9 Å². The van der Waals surface area contributed by atoms with Crippen LogP contribution in [0.15, 0.2) is 18.2 Å². The normalized spacial score (nSPS) is 15.2. The van der Waals surface area contributed by atoms with Crippen LogP contribution in [0.3, 0.4) is 0 Å². The summed E-state index contributed by atoms with van der Waals surface area (Å²) >= 11 is 0. The topological polar surface area (TPSA) is 80.1 Å². The highest BCUT2D eigenvalue weighted by atomic mass is 16.2. The summed E-state index contributed by atoms with van der Waals surface area (Å²) in [5.41, 5.74) is 2.61. The minimum absolute atomic E-state index is 0.0387. The van der Waals surface area contributed by atoms with Gasteiger partial charge < -0.3 is 14.8 Å². The summed E-state index contributed by atoms with van der Waals surface area (Å²) < 4.78 is 2.15. The van der Waals surface area contributed by atoms with Crippen molar-refractivity contribution >= 4 is 17.5 Å². The SMILES string of the molecule is CC(=O)N1CCc2cc(C(=O)NCCc3nnc4n3CCC4)ccc21. The Morgan fingerprint density at radius 2 is 2.08 bits per heavy atom. The predicted molar refractivity (Wildman–Crippen MR) is 92.6 cm³/mol. The van der Waals surface area contributed by atoms with Crippen molar-refractivity contribution in [2.75, 3.05) is 18.0 Å². The zero-order chi connectivity index (χ0) is 17.4. The van der Waals surface area contributed by atoms with Crippen LogP contribution >= 0.6 is 0 Å². The van der Waals surface area contributed by atoms with Crippen LogP contribution in [0.1, 0.15) is 40.9 Å². The van der Waals surface area contributed by atoms with E-state index in [4.69, 9.17) is 0 Å². The number of fused-ring (bicyclic) bond motifs is 2. The van der Waals surface area contributed by atoms with Crippen LogP contribution in [-0.4, -0.2) is 39.7 Å². The van der Waals surface area contributed by atoms with Crippen molar-refractivity contribution in [3.63, 3.8) is 0 Å². The minimum Gasteiger partial charge on any atom is -0.352 e. The van der Waals surface area contributed by atoms with Gasteiger partial charge in [0.05, 0.1) is 0 Å². The zero-order valence-corrected chi connectivity index (χ0v) is 14.3. The molecule has 2 aromatic rings. The van der Waals surface area contributed by atoms with Gasteiger partial charge in [0.15, 0.2) is 0 Å². The molecule has 7 nitrogen and oxygen atoms in total. The van der Waals surface area contributed by atoms with Gasteiger partial charge in [-0.3, -0.25) is 9.59 Å². The molecule has 0 bridgehead atoms. The first kappa shape index (κ1) is 15.8. The molecule has 25 heavy (non-hydrogen) atoms. The number of hydrogen-bond acceptors (Lipinski definition) is 4. The summed E-state index contributed by atoms with van der Waals surface area (Å²) in [6.07, 6.45) is 3.59. The van der Waals surface area contributed by atoms with Crippen molar-refractivity contribution in [1.29, 1.82) is 0 Å². The molecule has 1 N–H and O–H groups in total. The average molecular weight is 339 g/mol. The Morgan fingerprint density at radius 1 is 1.20 bits per heavy atom. The van der Waals surface area contributed by atoms with Crippen molar-refractivity contribution in [2.24, 2.45) is 0 Å². The van der Waals surface area contributed by atoms with E-state index in [1.165, 1.54) is 0 Å². The lowest BCUT2D eigenvalue weighted by Gasteiger charge is -2.14. The molecule has 1 aromatic carbocycles. The lowest BCUT2D eigenvalue weighted by Crippen LogP contribution is -2.27. The first-order chi connectivity index (χ1) is 12.1. The van der Waals surface area contributed by atoms with Crippen molar-refractivity contribution in [1.82, 2.24) is 20.1 Å². The first-order valence-corrected chi connectivity index (χ1v) is 8.73. The average Bonchev–Trinajstić information content (AvgIpc) is 3.30. The fourth-order valence-corrected chi connectivity index (χ4v) is 3.66. The third-order valence-corrected chi connectivity index (χ3v) is 4.94. The molecule has 1 aromatic heterocycles. The Balaban J connectivity index is 1.38. The molecule has 0 fully saturated rings. The molecule has 0 atom stereocenters. The maximum Gasteiger partial charge on any atom is 0.251 e. The maximum absolute atomic E-state index is 12.4. The van der Waals surface area contributed by atoms with Crippen LogP contribution in [0.5, 0.6) is 0 Å².